The number of rotatable bonds is 12. The van der Waals surface area contributed by atoms with Gasteiger partial charge < -0.3 is 28.8 Å². The van der Waals surface area contributed by atoms with Gasteiger partial charge in [0.1, 0.15) is 17.5 Å². The monoisotopic (exact) mass is 614 g/mol. The SMILES string of the molecule is CCOc1ccc(Cc2cc([C@]34C[C@@H](OCc5ccccc5)[C@H](OCc5ccccc5)[C@]([C@@H](C)O)(CO3)O4)ccc2Cl)cc1. The highest BCUT2D eigenvalue weighted by molar-refractivity contribution is 6.31. The molecule has 0 radical (unpaired) electrons. The molecule has 6 nitrogen and oxygen atoms in total. The minimum atomic E-state index is -1.14. The second-order valence-corrected chi connectivity index (χ2v) is 12.0. The third-order valence-corrected chi connectivity index (χ3v) is 8.94. The summed E-state index contributed by atoms with van der Waals surface area (Å²) in [4.78, 5) is 0. The fraction of sp³-hybridized carbons (Fsp3) is 0.351. The molecule has 2 aliphatic rings. The third-order valence-electron chi connectivity index (χ3n) is 8.58. The molecule has 2 heterocycles. The Morgan fingerprint density at radius 3 is 2.16 bits per heavy atom. The number of benzene rings is 4. The van der Waals surface area contributed by atoms with Crippen molar-refractivity contribution in [3.8, 4) is 5.75 Å². The maximum absolute atomic E-state index is 11.3. The smallest absolute Gasteiger partial charge is 0.198 e. The summed E-state index contributed by atoms with van der Waals surface area (Å²) in [6.07, 6.45) is -0.859. The van der Waals surface area contributed by atoms with Crippen molar-refractivity contribution in [2.45, 2.75) is 69.6 Å². The van der Waals surface area contributed by atoms with Gasteiger partial charge in [-0.1, -0.05) is 90.5 Å². The van der Waals surface area contributed by atoms with Crippen molar-refractivity contribution in [2.24, 2.45) is 0 Å². The predicted molar refractivity (Wildman–Crippen MR) is 170 cm³/mol. The van der Waals surface area contributed by atoms with Gasteiger partial charge in [0.2, 0.25) is 0 Å². The molecule has 44 heavy (non-hydrogen) atoms. The van der Waals surface area contributed by atoms with Crippen LogP contribution in [0.5, 0.6) is 5.75 Å². The highest BCUT2D eigenvalue weighted by atomic mass is 35.5. The van der Waals surface area contributed by atoms with Crippen molar-refractivity contribution in [3.05, 3.63) is 136 Å². The lowest BCUT2D eigenvalue weighted by Gasteiger charge is -2.48. The summed E-state index contributed by atoms with van der Waals surface area (Å²) in [5, 5.41) is 11.9. The zero-order valence-corrected chi connectivity index (χ0v) is 25.9. The van der Waals surface area contributed by atoms with Gasteiger partial charge in [-0.2, -0.15) is 0 Å². The first-order valence-corrected chi connectivity index (χ1v) is 15.6. The zero-order chi connectivity index (χ0) is 30.6. The van der Waals surface area contributed by atoms with Gasteiger partial charge in [-0.15, -0.1) is 0 Å². The van der Waals surface area contributed by atoms with E-state index >= 15 is 0 Å². The molecule has 7 heteroatoms. The summed E-state index contributed by atoms with van der Waals surface area (Å²) in [5.74, 6) is -0.298. The van der Waals surface area contributed by atoms with E-state index in [1.807, 2.05) is 91.9 Å². The molecule has 0 amide bonds. The minimum absolute atomic E-state index is 0.159. The van der Waals surface area contributed by atoms with Gasteiger partial charge >= 0.3 is 0 Å². The van der Waals surface area contributed by atoms with E-state index in [0.717, 1.165) is 33.6 Å². The first-order chi connectivity index (χ1) is 21.4. The van der Waals surface area contributed by atoms with Gasteiger partial charge in [-0.25, -0.2) is 0 Å². The molecule has 4 aromatic rings. The van der Waals surface area contributed by atoms with Crippen LogP contribution >= 0.6 is 11.6 Å². The standard InChI is InChI=1S/C37H39ClO6/c1-3-40-32-17-14-27(15-18-32)20-30-21-31(16-19-33(30)38)37-22-34(41-23-28-10-6-4-7-11-28)35(36(44-37,25-43-37)26(2)39)42-24-29-12-8-5-9-13-29/h4-19,21,26,34-35,39H,3,20,22-25H2,1-2H3/t26-,34-,35+,36-,37-/m1/s1. The number of fused-ring (bicyclic) bond motifs is 2. The Labute approximate surface area is 264 Å². The molecule has 6 rings (SSSR count). The maximum atomic E-state index is 11.3. The topological polar surface area (TPSA) is 66.4 Å². The lowest BCUT2D eigenvalue weighted by Crippen LogP contribution is -2.63. The van der Waals surface area contributed by atoms with E-state index in [9.17, 15) is 5.11 Å². The van der Waals surface area contributed by atoms with Crippen LogP contribution in [0.1, 0.15) is 48.1 Å². The molecule has 2 bridgehead atoms. The van der Waals surface area contributed by atoms with Crippen LogP contribution in [0, 0.1) is 0 Å². The molecule has 0 saturated carbocycles. The van der Waals surface area contributed by atoms with Crippen LogP contribution in [0.15, 0.2) is 103 Å². The molecule has 2 fully saturated rings. The summed E-state index contributed by atoms with van der Waals surface area (Å²) in [5.41, 5.74) is 3.84. The largest absolute Gasteiger partial charge is 0.494 e. The second kappa shape index (κ2) is 13.4. The molecule has 230 valence electrons. The van der Waals surface area contributed by atoms with E-state index in [2.05, 4.69) is 18.2 Å². The number of aliphatic hydroxyl groups excluding tert-OH is 1. The van der Waals surface area contributed by atoms with E-state index in [-0.39, 0.29) is 6.61 Å². The highest BCUT2D eigenvalue weighted by Crippen LogP contribution is 2.53. The molecule has 5 atom stereocenters. The Balaban J connectivity index is 1.31. The highest BCUT2D eigenvalue weighted by Gasteiger charge is 2.65. The molecule has 4 aromatic carbocycles. The van der Waals surface area contributed by atoms with E-state index in [1.165, 1.54) is 0 Å². The summed E-state index contributed by atoms with van der Waals surface area (Å²) >= 11 is 6.72. The van der Waals surface area contributed by atoms with Crippen molar-refractivity contribution in [3.63, 3.8) is 0 Å². The van der Waals surface area contributed by atoms with Gasteiger partial charge in [-0.3, -0.25) is 0 Å². The molecule has 0 spiro atoms. The fourth-order valence-electron chi connectivity index (χ4n) is 6.20. The van der Waals surface area contributed by atoms with Crippen LogP contribution in [0.2, 0.25) is 5.02 Å². The number of ether oxygens (including phenoxy) is 5. The first-order valence-electron chi connectivity index (χ1n) is 15.2. The predicted octanol–water partition coefficient (Wildman–Crippen LogP) is 7.22. The quantitative estimate of drug-likeness (QED) is 0.182. The Kier molecular flexibility index (Phi) is 9.38. The van der Waals surface area contributed by atoms with Crippen molar-refractivity contribution >= 4 is 11.6 Å². The van der Waals surface area contributed by atoms with E-state index in [4.69, 9.17) is 35.3 Å². The van der Waals surface area contributed by atoms with Crippen LogP contribution in [-0.4, -0.2) is 42.2 Å². The van der Waals surface area contributed by atoms with Crippen LogP contribution < -0.4 is 4.74 Å². The van der Waals surface area contributed by atoms with Gasteiger partial charge in [-0.05, 0) is 66.8 Å². The third kappa shape index (κ3) is 6.43. The first kappa shape index (κ1) is 30.8. The molecule has 0 unspecified atom stereocenters. The molecule has 0 aliphatic carbocycles. The summed E-state index contributed by atoms with van der Waals surface area (Å²) in [6.45, 7) is 5.24. The fourth-order valence-corrected chi connectivity index (χ4v) is 6.38. The molecule has 0 aromatic heterocycles. The van der Waals surface area contributed by atoms with Crippen LogP contribution in [0.4, 0.5) is 0 Å². The van der Waals surface area contributed by atoms with E-state index in [1.54, 1.807) is 6.92 Å². The number of hydrogen-bond donors (Lipinski definition) is 1. The van der Waals surface area contributed by atoms with Gasteiger partial charge in [0, 0.05) is 17.0 Å². The summed E-state index contributed by atoms with van der Waals surface area (Å²) in [6, 6.07) is 34.0. The van der Waals surface area contributed by atoms with Gasteiger partial charge in [0.25, 0.3) is 0 Å². The Bertz CT molecular complexity index is 1510. The molecule has 2 saturated heterocycles. The lowest BCUT2D eigenvalue weighted by molar-refractivity contribution is -0.308. The normalized spacial score (nSPS) is 25.1. The molecular formula is C37H39ClO6. The number of hydrogen-bond acceptors (Lipinski definition) is 6. The van der Waals surface area contributed by atoms with E-state index < -0.39 is 29.7 Å². The molecule has 2 aliphatic heterocycles. The average Bonchev–Trinajstić information content (AvgIpc) is 3.38. The summed E-state index contributed by atoms with van der Waals surface area (Å²) in [7, 11) is 0. The van der Waals surface area contributed by atoms with Gasteiger partial charge in [0.05, 0.1) is 38.6 Å². The van der Waals surface area contributed by atoms with Crippen molar-refractivity contribution in [2.75, 3.05) is 13.2 Å². The molecular weight excluding hydrogens is 576 g/mol. The Morgan fingerprint density at radius 2 is 1.52 bits per heavy atom. The van der Waals surface area contributed by atoms with Crippen LogP contribution in [0.25, 0.3) is 0 Å². The van der Waals surface area contributed by atoms with Crippen molar-refractivity contribution in [1.82, 2.24) is 0 Å². The van der Waals surface area contributed by atoms with Gasteiger partial charge in [0.15, 0.2) is 5.79 Å². The average molecular weight is 615 g/mol. The van der Waals surface area contributed by atoms with Crippen molar-refractivity contribution in [1.29, 1.82) is 0 Å². The van der Waals surface area contributed by atoms with E-state index in [0.29, 0.717) is 37.7 Å². The zero-order valence-electron chi connectivity index (χ0n) is 25.2. The lowest BCUT2D eigenvalue weighted by atomic mass is 9.82. The van der Waals surface area contributed by atoms with Crippen molar-refractivity contribution < 1.29 is 28.8 Å². The Hall–Kier alpha value is -3.23. The minimum Gasteiger partial charge on any atom is -0.494 e. The van der Waals surface area contributed by atoms with Crippen LogP contribution in [0.3, 0.4) is 0 Å². The number of aliphatic hydroxyl groups is 1. The maximum Gasteiger partial charge on any atom is 0.198 e. The van der Waals surface area contributed by atoms with Crippen LogP contribution in [-0.2, 0) is 44.4 Å². The Morgan fingerprint density at radius 1 is 0.864 bits per heavy atom. The summed E-state index contributed by atoms with van der Waals surface area (Å²) < 4.78 is 32.2. The number of halogens is 1. The second-order valence-electron chi connectivity index (χ2n) is 11.6. The molecule has 1 N–H and O–H groups in total.